The molecule has 0 saturated heterocycles. The van der Waals surface area contributed by atoms with Crippen LogP contribution in [0.5, 0.6) is 0 Å². The van der Waals surface area contributed by atoms with E-state index in [1.54, 1.807) is 0 Å². The average molecular weight is 259 g/mol. The highest BCUT2D eigenvalue weighted by atomic mass is 19.1. The lowest BCUT2D eigenvalue weighted by molar-refractivity contribution is 0.586. The topological polar surface area (TPSA) is 88.3 Å². The summed E-state index contributed by atoms with van der Waals surface area (Å²) in [5.41, 5.74) is -0.215. The summed E-state index contributed by atoms with van der Waals surface area (Å²) in [6.45, 7) is 0. The smallest absolute Gasteiger partial charge is 0.261 e. The first-order valence-corrected chi connectivity index (χ1v) is 5.30. The van der Waals surface area contributed by atoms with Gasteiger partial charge < -0.3 is 9.40 Å². The van der Waals surface area contributed by atoms with Gasteiger partial charge in [-0.25, -0.2) is 9.37 Å². The third-order valence-corrected chi connectivity index (χ3v) is 2.58. The van der Waals surface area contributed by atoms with E-state index in [4.69, 9.17) is 4.42 Å². The zero-order chi connectivity index (χ0) is 13.4. The SMILES string of the molecule is O=Nc1ccc(-c2nc3cc(F)ccc3c(=O)[nH]2)o1. The molecule has 0 amide bonds. The van der Waals surface area contributed by atoms with Crippen molar-refractivity contribution in [1.29, 1.82) is 0 Å². The van der Waals surface area contributed by atoms with E-state index in [1.165, 1.54) is 24.3 Å². The van der Waals surface area contributed by atoms with E-state index in [-0.39, 0.29) is 28.4 Å². The van der Waals surface area contributed by atoms with Gasteiger partial charge in [-0.15, -0.1) is 4.91 Å². The van der Waals surface area contributed by atoms with Gasteiger partial charge in [0.2, 0.25) is 0 Å². The molecule has 0 bridgehead atoms. The molecule has 0 aliphatic rings. The fraction of sp³-hybridized carbons (Fsp3) is 0. The third kappa shape index (κ3) is 1.90. The van der Waals surface area contributed by atoms with Gasteiger partial charge in [0.05, 0.1) is 10.9 Å². The van der Waals surface area contributed by atoms with Crippen LogP contribution in [0.2, 0.25) is 0 Å². The minimum absolute atomic E-state index is 0.109. The fourth-order valence-electron chi connectivity index (χ4n) is 1.73. The van der Waals surface area contributed by atoms with E-state index in [9.17, 15) is 14.1 Å². The van der Waals surface area contributed by atoms with Crippen LogP contribution < -0.4 is 5.56 Å². The van der Waals surface area contributed by atoms with E-state index >= 15 is 0 Å². The van der Waals surface area contributed by atoms with Crippen LogP contribution in [0.15, 0.2) is 44.7 Å². The van der Waals surface area contributed by atoms with Crippen LogP contribution in [0.1, 0.15) is 0 Å². The van der Waals surface area contributed by atoms with Gasteiger partial charge in [0.1, 0.15) is 5.82 Å². The third-order valence-electron chi connectivity index (χ3n) is 2.58. The Hall–Kier alpha value is -2.83. The summed E-state index contributed by atoms with van der Waals surface area (Å²) in [6, 6.07) is 6.47. The highest BCUT2D eigenvalue weighted by molar-refractivity contribution is 5.79. The first-order valence-electron chi connectivity index (χ1n) is 5.30. The molecule has 0 aliphatic heterocycles. The maximum absolute atomic E-state index is 13.1. The lowest BCUT2D eigenvalue weighted by Crippen LogP contribution is -2.09. The molecule has 0 saturated carbocycles. The van der Waals surface area contributed by atoms with Crippen molar-refractivity contribution in [2.75, 3.05) is 0 Å². The van der Waals surface area contributed by atoms with Crippen molar-refractivity contribution in [1.82, 2.24) is 9.97 Å². The number of aromatic amines is 1. The molecule has 0 atom stereocenters. The van der Waals surface area contributed by atoms with Gasteiger partial charge in [-0.3, -0.25) is 4.79 Å². The Morgan fingerprint density at radius 2 is 2.11 bits per heavy atom. The molecule has 7 heteroatoms. The van der Waals surface area contributed by atoms with Gasteiger partial charge in [-0.2, -0.15) is 0 Å². The van der Waals surface area contributed by atoms with Crippen LogP contribution >= 0.6 is 0 Å². The van der Waals surface area contributed by atoms with Crippen molar-refractivity contribution in [2.45, 2.75) is 0 Å². The molecule has 19 heavy (non-hydrogen) atoms. The predicted octanol–water partition coefficient (Wildman–Crippen LogP) is 2.72. The van der Waals surface area contributed by atoms with Crippen molar-refractivity contribution in [2.24, 2.45) is 5.18 Å². The summed E-state index contributed by atoms with van der Waals surface area (Å²) < 4.78 is 18.2. The maximum Gasteiger partial charge on any atom is 0.261 e. The molecule has 1 N–H and O–H groups in total. The number of nitroso groups, excluding NO2 is 1. The number of aromatic nitrogens is 2. The second kappa shape index (κ2) is 4.13. The fourth-order valence-corrected chi connectivity index (χ4v) is 1.73. The molecule has 2 heterocycles. The lowest BCUT2D eigenvalue weighted by Gasteiger charge is -2.00. The standard InChI is InChI=1S/C12H6FN3O3/c13-6-1-2-7-8(5-6)14-11(15-12(7)17)9-3-4-10(16-18)19-9/h1-5H,(H,14,15,17). The molecule has 0 spiro atoms. The Morgan fingerprint density at radius 1 is 1.26 bits per heavy atom. The van der Waals surface area contributed by atoms with Crippen LogP contribution in [-0.4, -0.2) is 9.97 Å². The Morgan fingerprint density at radius 3 is 2.84 bits per heavy atom. The van der Waals surface area contributed by atoms with Crippen molar-refractivity contribution in [3.63, 3.8) is 0 Å². The van der Waals surface area contributed by atoms with Gasteiger partial charge in [0.15, 0.2) is 11.6 Å². The first kappa shape index (κ1) is 11.3. The van der Waals surface area contributed by atoms with Crippen molar-refractivity contribution in [3.8, 4) is 11.6 Å². The molecule has 6 nitrogen and oxygen atoms in total. The van der Waals surface area contributed by atoms with Crippen LogP contribution in [0.3, 0.4) is 0 Å². The second-order valence-electron chi connectivity index (χ2n) is 3.81. The van der Waals surface area contributed by atoms with Gasteiger partial charge in [-0.05, 0) is 18.2 Å². The number of benzene rings is 1. The number of hydrogen-bond acceptors (Lipinski definition) is 5. The van der Waals surface area contributed by atoms with Gasteiger partial charge >= 0.3 is 0 Å². The number of furan rings is 1. The number of nitrogens with zero attached hydrogens (tertiary/aromatic N) is 2. The van der Waals surface area contributed by atoms with Gasteiger partial charge in [-0.1, -0.05) is 0 Å². The van der Waals surface area contributed by atoms with E-state index in [0.717, 1.165) is 6.07 Å². The normalized spacial score (nSPS) is 10.8. The number of fused-ring (bicyclic) bond motifs is 1. The average Bonchev–Trinajstić information content (AvgIpc) is 2.86. The zero-order valence-corrected chi connectivity index (χ0v) is 9.38. The summed E-state index contributed by atoms with van der Waals surface area (Å²) in [5, 5.41) is 2.89. The monoisotopic (exact) mass is 259 g/mol. The Kier molecular flexibility index (Phi) is 2.45. The molecule has 0 unspecified atom stereocenters. The summed E-state index contributed by atoms with van der Waals surface area (Å²) in [7, 11) is 0. The quantitative estimate of drug-likeness (QED) is 0.716. The minimum Gasteiger partial charge on any atom is -0.432 e. The second-order valence-corrected chi connectivity index (χ2v) is 3.81. The highest BCUT2D eigenvalue weighted by Gasteiger charge is 2.10. The zero-order valence-electron chi connectivity index (χ0n) is 9.38. The molecule has 0 fully saturated rings. The molecule has 2 aromatic heterocycles. The van der Waals surface area contributed by atoms with Crippen LogP contribution in [0.4, 0.5) is 10.3 Å². The van der Waals surface area contributed by atoms with Gasteiger partial charge in [0.25, 0.3) is 11.4 Å². The molecule has 3 aromatic rings. The summed E-state index contributed by atoms with van der Waals surface area (Å²) in [6.07, 6.45) is 0. The van der Waals surface area contributed by atoms with E-state index in [2.05, 4.69) is 15.1 Å². The van der Waals surface area contributed by atoms with Crippen LogP contribution in [-0.2, 0) is 0 Å². The molecular formula is C12H6FN3O3. The van der Waals surface area contributed by atoms with Gasteiger partial charge in [0, 0.05) is 17.3 Å². The largest absolute Gasteiger partial charge is 0.432 e. The minimum atomic E-state index is -0.494. The van der Waals surface area contributed by atoms with Crippen molar-refractivity contribution in [3.05, 3.63) is 51.4 Å². The molecule has 1 aromatic carbocycles. The van der Waals surface area contributed by atoms with Crippen LogP contribution in [0.25, 0.3) is 22.5 Å². The van der Waals surface area contributed by atoms with E-state index < -0.39 is 11.4 Å². The number of H-pyrrole nitrogens is 1. The molecular weight excluding hydrogens is 253 g/mol. The Labute approximate surface area is 104 Å². The maximum atomic E-state index is 13.1. The highest BCUT2D eigenvalue weighted by Crippen LogP contribution is 2.23. The predicted molar refractivity (Wildman–Crippen MR) is 65.5 cm³/mol. The summed E-state index contributed by atoms with van der Waals surface area (Å²) in [4.78, 5) is 28.7. The summed E-state index contributed by atoms with van der Waals surface area (Å²) >= 11 is 0. The Bertz CT molecular complexity index is 838. The molecule has 94 valence electrons. The molecule has 3 rings (SSSR count). The number of halogens is 1. The molecule has 0 aliphatic carbocycles. The first-order chi connectivity index (χ1) is 9.17. The number of rotatable bonds is 2. The van der Waals surface area contributed by atoms with Crippen molar-refractivity contribution >= 4 is 16.8 Å². The lowest BCUT2D eigenvalue weighted by atomic mass is 10.2. The van der Waals surface area contributed by atoms with E-state index in [1.807, 2.05) is 0 Å². The number of nitrogens with one attached hydrogen (secondary N) is 1. The molecule has 0 radical (unpaired) electrons. The Balaban J connectivity index is 2.24. The van der Waals surface area contributed by atoms with E-state index in [0.29, 0.717) is 0 Å². The van der Waals surface area contributed by atoms with Crippen LogP contribution in [0, 0.1) is 10.7 Å². The van der Waals surface area contributed by atoms with Crippen molar-refractivity contribution < 1.29 is 8.81 Å². The summed E-state index contributed by atoms with van der Waals surface area (Å²) in [5.74, 6) is -0.334. The number of hydrogen-bond donors (Lipinski definition) is 1.